The number of carbonyl (C=O) groups is 2. The summed E-state index contributed by atoms with van der Waals surface area (Å²) in [7, 11) is 0. The number of carbonyl (C=O) groups excluding carboxylic acids is 2. The van der Waals surface area contributed by atoms with Crippen LogP contribution in [0.3, 0.4) is 0 Å². The van der Waals surface area contributed by atoms with Crippen molar-refractivity contribution in [2.75, 3.05) is 19.8 Å². The lowest BCUT2D eigenvalue weighted by atomic mass is 10.2. The van der Waals surface area contributed by atoms with Crippen LogP contribution in [0.25, 0.3) is 10.4 Å². The standard InChI is InChI=1S/C14H19N5O3/c1-11(20)18-13(10-22-8-7-17-19-15)14(21)16-9-12-5-3-2-4-6-12/h2-6,13H,7-10H2,1H3,(H,16,21)(H,18,20)/t13-/m1/s1. The van der Waals surface area contributed by atoms with E-state index < -0.39 is 6.04 Å². The average Bonchev–Trinajstić information content (AvgIpc) is 2.52. The van der Waals surface area contributed by atoms with Crippen LogP contribution in [0.5, 0.6) is 0 Å². The average molecular weight is 305 g/mol. The number of hydrogen-bond donors (Lipinski definition) is 2. The lowest BCUT2D eigenvalue weighted by molar-refractivity contribution is -0.129. The van der Waals surface area contributed by atoms with Crippen LogP contribution in [-0.2, 0) is 20.9 Å². The Bertz CT molecular complexity index is 529. The van der Waals surface area contributed by atoms with E-state index in [1.54, 1.807) is 0 Å². The highest BCUT2D eigenvalue weighted by atomic mass is 16.5. The molecule has 0 fully saturated rings. The highest BCUT2D eigenvalue weighted by Gasteiger charge is 2.19. The molecule has 0 aromatic heterocycles. The summed E-state index contributed by atoms with van der Waals surface area (Å²) >= 11 is 0. The van der Waals surface area contributed by atoms with Gasteiger partial charge in [0.05, 0.1) is 13.2 Å². The van der Waals surface area contributed by atoms with Crippen LogP contribution < -0.4 is 10.6 Å². The summed E-state index contributed by atoms with van der Waals surface area (Å²) in [4.78, 5) is 25.8. The Kier molecular flexibility index (Phi) is 8.10. The van der Waals surface area contributed by atoms with Gasteiger partial charge in [0.2, 0.25) is 11.8 Å². The largest absolute Gasteiger partial charge is 0.379 e. The van der Waals surface area contributed by atoms with E-state index in [9.17, 15) is 9.59 Å². The van der Waals surface area contributed by atoms with Gasteiger partial charge in [-0.3, -0.25) is 9.59 Å². The summed E-state index contributed by atoms with van der Waals surface area (Å²) in [5.41, 5.74) is 9.10. The first-order valence-corrected chi connectivity index (χ1v) is 6.81. The topological polar surface area (TPSA) is 116 Å². The SMILES string of the molecule is CC(=O)N[C@H](COCCN=[N+]=[N-])C(=O)NCc1ccccc1. The number of ether oxygens (including phenoxy) is 1. The van der Waals surface area contributed by atoms with Gasteiger partial charge in [0.15, 0.2) is 0 Å². The van der Waals surface area contributed by atoms with Gasteiger partial charge in [0.25, 0.3) is 0 Å². The van der Waals surface area contributed by atoms with Gasteiger partial charge in [0, 0.05) is 24.9 Å². The van der Waals surface area contributed by atoms with Crippen LogP contribution in [0.1, 0.15) is 12.5 Å². The molecule has 0 aliphatic heterocycles. The summed E-state index contributed by atoms with van der Waals surface area (Å²) in [6.45, 7) is 2.08. The summed E-state index contributed by atoms with van der Waals surface area (Å²) in [6, 6.07) is 8.65. The zero-order valence-electron chi connectivity index (χ0n) is 12.4. The van der Waals surface area contributed by atoms with Crippen LogP contribution in [0.4, 0.5) is 0 Å². The molecule has 0 radical (unpaired) electrons. The Morgan fingerprint density at radius 1 is 1.36 bits per heavy atom. The molecule has 0 spiro atoms. The second-order valence-corrected chi connectivity index (χ2v) is 4.49. The third-order valence-electron chi connectivity index (χ3n) is 2.69. The van der Waals surface area contributed by atoms with E-state index in [0.717, 1.165) is 5.56 Å². The van der Waals surface area contributed by atoms with Crippen molar-refractivity contribution >= 4 is 11.8 Å². The maximum absolute atomic E-state index is 12.1. The van der Waals surface area contributed by atoms with E-state index in [-0.39, 0.29) is 31.6 Å². The van der Waals surface area contributed by atoms with Crippen molar-refractivity contribution in [3.8, 4) is 0 Å². The van der Waals surface area contributed by atoms with E-state index in [1.165, 1.54) is 6.92 Å². The molecule has 0 heterocycles. The van der Waals surface area contributed by atoms with Gasteiger partial charge in [-0.05, 0) is 11.1 Å². The lowest BCUT2D eigenvalue weighted by Gasteiger charge is -2.17. The minimum Gasteiger partial charge on any atom is -0.379 e. The maximum atomic E-state index is 12.1. The summed E-state index contributed by atoms with van der Waals surface area (Å²) in [6.07, 6.45) is 0. The number of rotatable bonds is 9. The number of hydrogen-bond acceptors (Lipinski definition) is 4. The van der Waals surface area contributed by atoms with Crippen LogP contribution in [0.15, 0.2) is 35.4 Å². The van der Waals surface area contributed by atoms with Crippen LogP contribution in [-0.4, -0.2) is 37.6 Å². The molecular formula is C14H19N5O3. The Hall–Kier alpha value is -2.57. The van der Waals surface area contributed by atoms with E-state index in [1.807, 2.05) is 30.3 Å². The Balaban J connectivity index is 2.45. The van der Waals surface area contributed by atoms with E-state index in [4.69, 9.17) is 10.3 Å². The quantitative estimate of drug-likeness (QED) is 0.308. The number of benzene rings is 1. The molecule has 0 saturated heterocycles. The van der Waals surface area contributed by atoms with E-state index in [2.05, 4.69) is 20.7 Å². The van der Waals surface area contributed by atoms with E-state index >= 15 is 0 Å². The minimum absolute atomic E-state index is 0.0150. The molecule has 118 valence electrons. The predicted octanol–water partition coefficient (Wildman–Crippen LogP) is 1.13. The third-order valence-corrected chi connectivity index (χ3v) is 2.69. The van der Waals surface area contributed by atoms with Gasteiger partial charge in [-0.25, -0.2) is 0 Å². The fraction of sp³-hybridized carbons (Fsp3) is 0.429. The zero-order valence-corrected chi connectivity index (χ0v) is 12.4. The molecule has 1 atom stereocenters. The molecule has 2 amide bonds. The van der Waals surface area contributed by atoms with Crippen molar-refractivity contribution in [2.24, 2.45) is 5.11 Å². The lowest BCUT2D eigenvalue weighted by Crippen LogP contribution is -2.48. The van der Waals surface area contributed by atoms with Crippen molar-refractivity contribution < 1.29 is 14.3 Å². The number of nitrogens with zero attached hydrogens (tertiary/aromatic N) is 3. The van der Waals surface area contributed by atoms with Gasteiger partial charge < -0.3 is 15.4 Å². The van der Waals surface area contributed by atoms with Crippen LogP contribution >= 0.6 is 0 Å². The second-order valence-electron chi connectivity index (χ2n) is 4.49. The smallest absolute Gasteiger partial charge is 0.245 e. The summed E-state index contributed by atoms with van der Waals surface area (Å²) in [5, 5.41) is 8.59. The number of nitrogens with one attached hydrogen (secondary N) is 2. The number of azide groups is 1. The van der Waals surface area contributed by atoms with Gasteiger partial charge in [0.1, 0.15) is 6.04 Å². The van der Waals surface area contributed by atoms with Crippen molar-refractivity contribution in [2.45, 2.75) is 19.5 Å². The normalized spacial score (nSPS) is 11.1. The fourth-order valence-electron chi connectivity index (χ4n) is 1.69. The molecule has 1 aromatic rings. The van der Waals surface area contributed by atoms with Crippen molar-refractivity contribution in [3.63, 3.8) is 0 Å². The first-order valence-electron chi connectivity index (χ1n) is 6.81. The molecule has 1 aromatic carbocycles. The molecule has 22 heavy (non-hydrogen) atoms. The van der Waals surface area contributed by atoms with Crippen LogP contribution in [0, 0.1) is 0 Å². The molecule has 0 aliphatic carbocycles. The third kappa shape index (κ3) is 7.28. The highest BCUT2D eigenvalue weighted by molar-refractivity contribution is 5.86. The first-order chi connectivity index (χ1) is 10.6. The van der Waals surface area contributed by atoms with Crippen molar-refractivity contribution in [1.29, 1.82) is 0 Å². The monoisotopic (exact) mass is 305 g/mol. The van der Waals surface area contributed by atoms with Gasteiger partial charge in [-0.15, -0.1) is 0 Å². The van der Waals surface area contributed by atoms with E-state index in [0.29, 0.717) is 6.54 Å². The van der Waals surface area contributed by atoms with Crippen molar-refractivity contribution in [1.82, 2.24) is 10.6 Å². The molecule has 0 bridgehead atoms. The summed E-state index contributed by atoms with van der Waals surface area (Å²) in [5.74, 6) is -0.652. The zero-order chi connectivity index (χ0) is 16.2. The predicted molar refractivity (Wildman–Crippen MR) is 80.7 cm³/mol. The molecule has 1 rings (SSSR count). The molecular weight excluding hydrogens is 286 g/mol. The molecule has 2 N–H and O–H groups in total. The van der Waals surface area contributed by atoms with Crippen molar-refractivity contribution in [3.05, 3.63) is 46.3 Å². The first kappa shape index (κ1) is 17.5. The van der Waals surface area contributed by atoms with Gasteiger partial charge >= 0.3 is 0 Å². The number of amides is 2. The Morgan fingerprint density at radius 3 is 2.73 bits per heavy atom. The highest BCUT2D eigenvalue weighted by Crippen LogP contribution is 1.98. The molecule has 8 nitrogen and oxygen atoms in total. The minimum atomic E-state index is -0.785. The molecule has 0 unspecified atom stereocenters. The Morgan fingerprint density at radius 2 is 2.09 bits per heavy atom. The Labute approximate surface area is 128 Å². The van der Waals surface area contributed by atoms with Gasteiger partial charge in [-0.1, -0.05) is 35.4 Å². The fourth-order valence-corrected chi connectivity index (χ4v) is 1.69. The van der Waals surface area contributed by atoms with Crippen LogP contribution in [0.2, 0.25) is 0 Å². The summed E-state index contributed by atoms with van der Waals surface area (Å²) < 4.78 is 5.23. The molecule has 0 saturated carbocycles. The van der Waals surface area contributed by atoms with Gasteiger partial charge in [-0.2, -0.15) is 0 Å². The maximum Gasteiger partial charge on any atom is 0.245 e. The second kappa shape index (κ2) is 10.2. The molecule has 0 aliphatic rings. The molecule has 8 heteroatoms.